The molecule has 1 aliphatic heterocycles. The molecule has 0 bridgehead atoms. The van der Waals surface area contributed by atoms with Gasteiger partial charge >= 0.3 is 5.97 Å². The monoisotopic (exact) mass is 175 g/mol. The Morgan fingerprint density at radius 2 is 2.27 bits per heavy atom. The molecule has 0 aromatic heterocycles. The van der Waals surface area contributed by atoms with E-state index in [9.17, 15) is 4.79 Å². The molecule has 0 spiro atoms. The van der Waals surface area contributed by atoms with Crippen LogP contribution in [0.2, 0.25) is 0 Å². The fourth-order valence-corrected chi connectivity index (χ4v) is 1.07. The van der Waals surface area contributed by atoms with E-state index in [-0.39, 0.29) is 18.4 Å². The summed E-state index contributed by atoms with van der Waals surface area (Å²) in [6.07, 6.45) is 6.51. The Balaban J connectivity index is 0.000001000. The maximum absolute atomic E-state index is 10.3. The Kier molecular flexibility index (Phi) is 3.94. The highest BCUT2D eigenvalue weighted by molar-refractivity contribution is 5.85. The van der Waals surface area contributed by atoms with Crippen LogP contribution in [-0.2, 0) is 4.79 Å². The highest BCUT2D eigenvalue weighted by Crippen LogP contribution is 2.10. The lowest BCUT2D eigenvalue weighted by atomic mass is 10.2. The Labute approximate surface area is 71.6 Å². The van der Waals surface area contributed by atoms with Crippen LogP contribution < -0.4 is 5.32 Å². The summed E-state index contributed by atoms with van der Waals surface area (Å²) >= 11 is 0. The van der Waals surface area contributed by atoms with Crippen molar-refractivity contribution < 1.29 is 9.90 Å². The number of terminal acetylenes is 1. The fourth-order valence-electron chi connectivity index (χ4n) is 1.07. The smallest absolute Gasteiger partial charge is 0.320 e. The molecule has 0 aromatic rings. The summed E-state index contributed by atoms with van der Waals surface area (Å²) < 4.78 is 0. The third-order valence-corrected chi connectivity index (χ3v) is 1.65. The maximum Gasteiger partial charge on any atom is 0.320 e. The van der Waals surface area contributed by atoms with Gasteiger partial charge in [0.1, 0.15) is 6.04 Å². The third kappa shape index (κ3) is 2.41. The lowest BCUT2D eigenvalue weighted by Crippen LogP contribution is -2.34. The molecule has 1 aliphatic rings. The number of carboxylic acids is 1. The molecule has 1 rings (SSSR count). The molecule has 3 nitrogen and oxygen atoms in total. The molecular formula is C7H10ClNO2. The van der Waals surface area contributed by atoms with Gasteiger partial charge in [-0.15, -0.1) is 18.8 Å². The van der Waals surface area contributed by atoms with Gasteiger partial charge < -0.3 is 5.11 Å². The predicted octanol–water partition coefficient (Wildman–Crippen LogP) is 0.247. The van der Waals surface area contributed by atoms with Gasteiger partial charge in [-0.3, -0.25) is 10.1 Å². The second-order valence-electron chi connectivity index (χ2n) is 2.35. The number of rotatable bonds is 1. The van der Waals surface area contributed by atoms with Crippen molar-refractivity contribution in [2.45, 2.75) is 24.9 Å². The van der Waals surface area contributed by atoms with E-state index in [1.165, 1.54) is 0 Å². The van der Waals surface area contributed by atoms with Crippen molar-refractivity contribution in [3.63, 3.8) is 0 Å². The molecule has 0 amide bonds. The van der Waals surface area contributed by atoms with E-state index in [1.54, 1.807) is 0 Å². The first-order valence-corrected chi connectivity index (χ1v) is 3.19. The van der Waals surface area contributed by atoms with Crippen LogP contribution in [0.25, 0.3) is 0 Å². The van der Waals surface area contributed by atoms with Crippen LogP contribution in [0.15, 0.2) is 0 Å². The number of nitrogens with one attached hydrogen (secondary N) is 1. The zero-order valence-corrected chi connectivity index (χ0v) is 6.73. The van der Waals surface area contributed by atoms with Crippen molar-refractivity contribution in [1.29, 1.82) is 0 Å². The zero-order chi connectivity index (χ0) is 7.56. The molecule has 0 saturated carbocycles. The van der Waals surface area contributed by atoms with E-state index >= 15 is 0 Å². The third-order valence-electron chi connectivity index (χ3n) is 1.65. The Hall–Kier alpha value is -0.720. The molecule has 62 valence electrons. The minimum atomic E-state index is -0.808. The summed E-state index contributed by atoms with van der Waals surface area (Å²) in [7, 11) is 0. The topological polar surface area (TPSA) is 49.3 Å². The molecule has 0 aliphatic carbocycles. The Morgan fingerprint density at radius 3 is 2.55 bits per heavy atom. The summed E-state index contributed by atoms with van der Waals surface area (Å²) in [5, 5.41) is 11.3. The lowest BCUT2D eigenvalue weighted by Gasteiger charge is -2.03. The van der Waals surface area contributed by atoms with Crippen molar-refractivity contribution in [1.82, 2.24) is 5.32 Å². The second kappa shape index (κ2) is 4.22. The van der Waals surface area contributed by atoms with E-state index in [4.69, 9.17) is 11.5 Å². The summed E-state index contributed by atoms with van der Waals surface area (Å²) in [6.45, 7) is 0. The quantitative estimate of drug-likeness (QED) is 0.562. The standard InChI is InChI=1S/C7H9NO2.ClH/c1-2-5-3-4-6(8-5)7(9)10;/h1,5-6,8H,3-4H2,(H,9,10);1H/t5-,6-;/m0./s1. The molecule has 2 atom stereocenters. The average Bonchev–Trinajstić information content (AvgIpc) is 2.34. The van der Waals surface area contributed by atoms with Crippen molar-refractivity contribution >= 4 is 18.4 Å². The molecule has 1 fully saturated rings. The van der Waals surface area contributed by atoms with Gasteiger partial charge in [-0.25, -0.2) is 0 Å². The van der Waals surface area contributed by atoms with Crippen molar-refractivity contribution in [3.05, 3.63) is 0 Å². The Morgan fingerprint density at radius 1 is 1.64 bits per heavy atom. The molecule has 0 unspecified atom stereocenters. The highest BCUT2D eigenvalue weighted by Gasteiger charge is 2.26. The maximum atomic E-state index is 10.3. The van der Waals surface area contributed by atoms with Gasteiger partial charge in [-0.2, -0.15) is 0 Å². The molecule has 11 heavy (non-hydrogen) atoms. The molecule has 4 heteroatoms. The van der Waals surface area contributed by atoms with Crippen LogP contribution in [-0.4, -0.2) is 23.2 Å². The van der Waals surface area contributed by atoms with Gasteiger partial charge in [-0.1, -0.05) is 5.92 Å². The molecule has 1 heterocycles. The SMILES string of the molecule is C#C[C@H]1CC[C@@H](C(=O)O)N1.Cl. The van der Waals surface area contributed by atoms with Gasteiger partial charge in [0.2, 0.25) is 0 Å². The Bertz CT molecular complexity index is 187. The first kappa shape index (κ1) is 10.3. The molecule has 1 saturated heterocycles. The van der Waals surface area contributed by atoms with Gasteiger partial charge in [0.15, 0.2) is 0 Å². The summed E-state index contributed by atoms with van der Waals surface area (Å²) in [5.41, 5.74) is 0. The normalized spacial score (nSPS) is 28.6. The summed E-state index contributed by atoms with van der Waals surface area (Å²) in [4.78, 5) is 10.3. The first-order valence-electron chi connectivity index (χ1n) is 3.19. The van der Waals surface area contributed by atoms with E-state index in [0.29, 0.717) is 6.42 Å². The summed E-state index contributed by atoms with van der Waals surface area (Å²) in [6, 6.07) is -0.470. The first-order chi connectivity index (χ1) is 4.74. The zero-order valence-electron chi connectivity index (χ0n) is 5.91. The van der Waals surface area contributed by atoms with Crippen LogP contribution in [0, 0.1) is 12.3 Å². The van der Waals surface area contributed by atoms with Crippen LogP contribution >= 0.6 is 12.4 Å². The minimum absolute atomic E-state index is 0. The lowest BCUT2D eigenvalue weighted by molar-refractivity contribution is -0.139. The number of hydrogen-bond donors (Lipinski definition) is 2. The van der Waals surface area contributed by atoms with Crippen molar-refractivity contribution in [3.8, 4) is 12.3 Å². The van der Waals surface area contributed by atoms with Crippen molar-refractivity contribution in [2.24, 2.45) is 0 Å². The number of hydrogen-bond acceptors (Lipinski definition) is 2. The fraction of sp³-hybridized carbons (Fsp3) is 0.571. The van der Waals surface area contributed by atoms with Crippen LogP contribution in [0.5, 0.6) is 0 Å². The van der Waals surface area contributed by atoms with Gasteiger partial charge in [0, 0.05) is 0 Å². The van der Waals surface area contributed by atoms with Crippen LogP contribution in [0.4, 0.5) is 0 Å². The van der Waals surface area contributed by atoms with Crippen LogP contribution in [0.3, 0.4) is 0 Å². The molecule has 0 radical (unpaired) electrons. The number of halogens is 1. The second-order valence-corrected chi connectivity index (χ2v) is 2.35. The molecule has 0 aromatic carbocycles. The number of aliphatic carboxylic acids is 1. The molecular weight excluding hydrogens is 166 g/mol. The molecule has 2 N–H and O–H groups in total. The summed E-state index contributed by atoms with van der Waals surface area (Å²) in [5.74, 6) is 1.67. The van der Waals surface area contributed by atoms with E-state index < -0.39 is 12.0 Å². The van der Waals surface area contributed by atoms with E-state index in [0.717, 1.165) is 6.42 Å². The highest BCUT2D eigenvalue weighted by atomic mass is 35.5. The van der Waals surface area contributed by atoms with Gasteiger partial charge in [-0.05, 0) is 12.8 Å². The van der Waals surface area contributed by atoms with E-state index in [1.807, 2.05) is 0 Å². The van der Waals surface area contributed by atoms with Crippen molar-refractivity contribution in [2.75, 3.05) is 0 Å². The largest absolute Gasteiger partial charge is 0.480 e. The predicted molar refractivity (Wildman–Crippen MR) is 43.7 cm³/mol. The van der Waals surface area contributed by atoms with E-state index in [2.05, 4.69) is 11.2 Å². The average molecular weight is 176 g/mol. The van der Waals surface area contributed by atoms with Gasteiger partial charge in [0.25, 0.3) is 0 Å². The van der Waals surface area contributed by atoms with Gasteiger partial charge in [0.05, 0.1) is 6.04 Å². The minimum Gasteiger partial charge on any atom is -0.480 e. The van der Waals surface area contributed by atoms with Crippen LogP contribution in [0.1, 0.15) is 12.8 Å². The number of carbonyl (C=O) groups is 1. The number of carboxylic acid groups (broad SMARTS) is 1.